The van der Waals surface area contributed by atoms with Crippen LogP contribution in [0.2, 0.25) is 0 Å². The summed E-state index contributed by atoms with van der Waals surface area (Å²) in [7, 11) is 1.54. The highest BCUT2D eigenvalue weighted by Gasteiger charge is 2.27. The zero-order valence-electron chi connectivity index (χ0n) is 16.6. The Kier molecular flexibility index (Phi) is 5.89. The van der Waals surface area contributed by atoms with Crippen molar-refractivity contribution in [3.63, 3.8) is 0 Å². The first-order valence-corrected chi connectivity index (χ1v) is 10.7. The van der Waals surface area contributed by atoms with Crippen LogP contribution in [0.15, 0.2) is 34.2 Å². The predicted octanol–water partition coefficient (Wildman–Crippen LogP) is 3.85. The molecular weight excluding hydrogens is 388 g/mol. The number of carbonyl (C=O) groups is 1. The third kappa shape index (κ3) is 4.64. The number of hydrogen-bond acceptors (Lipinski definition) is 7. The van der Waals surface area contributed by atoms with E-state index in [1.807, 2.05) is 24.0 Å². The van der Waals surface area contributed by atoms with Crippen LogP contribution in [0.4, 0.5) is 0 Å². The van der Waals surface area contributed by atoms with Gasteiger partial charge in [0.1, 0.15) is 11.6 Å². The number of amides is 1. The van der Waals surface area contributed by atoms with Gasteiger partial charge >= 0.3 is 0 Å². The van der Waals surface area contributed by atoms with Crippen molar-refractivity contribution >= 4 is 17.2 Å². The zero-order chi connectivity index (χ0) is 20.2. The smallest absolute Gasteiger partial charge is 0.254 e. The fraction of sp³-hybridized carbons (Fsp3) is 0.429. The maximum Gasteiger partial charge on any atom is 0.254 e. The minimum atomic E-state index is 0.121. The van der Waals surface area contributed by atoms with E-state index in [0.717, 1.165) is 41.5 Å². The van der Waals surface area contributed by atoms with E-state index >= 15 is 0 Å². The topological polar surface area (TPSA) is 81.4 Å². The zero-order valence-corrected chi connectivity index (χ0v) is 17.4. The number of aryl methyl sites for hydroxylation is 2. The van der Waals surface area contributed by atoms with E-state index < -0.39 is 0 Å². The molecule has 0 spiro atoms. The molecule has 0 bridgehead atoms. The van der Waals surface area contributed by atoms with Crippen LogP contribution in [0, 0.1) is 6.92 Å². The van der Waals surface area contributed by atoms with Crippen molar-refractivity contribution in [3.05, 3.63) is 46.9 Å². The van der Waals surface area contributed by atoms with Gasteiger partial charge < -0.3 is 14.2 Å². The first-order valence-electron chi connectivity index (χ1n) is 9.79. The number of thiophene rings is 1. The van der Waals surface area contributed by atoms with Gasteiger partial charge in [0, 0.05) is 43.6 Å². The summed E-state index contributed by atoms with van der Waals surface area (Å²) in [5, 5.41) is 5.83. The van der Waals surface area contributed by atoms with Gasteiger partial charge in [0.15, 0.2) is 0 Å². The van der Waals surface area contributed by atoms with E-state index in [9.17, 15) is 4.79 Å². The molecule has 29 heavy (non-hydrogen) atoms. The van der Waals surface area contributed by atoms with Crippen LogP contribution in [0.3, 0.4) is 0 Å². The van der Waals surface area contributed by atoms with Gasteiger partial charge in [-0.1, -0.05) is 6.07 Å². The highest BCUT2D eigenvalue weighted by atomic mass is 32.1. The van der Waals surface area contributed by atoms with Crippen molar-refractivity contribution in [2.45, 2.75) is 38.5 Å². The van der Waals surface area contributed by atoms with Gasteiger partial charge in [0.05, 0.1) is 17.7 Å². The molecule has 4 heterocycles. The van der Waals surface area contributed by atoms with E-state index in [-0.39, 0.29) is 11.8 Å². The molecule has 7 nitrogen and oxygen atoms in total. The van der Waals surface area contributed by atoms with Gasteiger partial charge in [-0.15, -0.1) is 11.3 Å². The van der Waals surface area contributed by atoms with Gasteiger partial charge in [-0.3, -0.25) is 4.79 Å². The third-order valence-electron chi connectivity index (χ3n) is 5.12. The Balaban J connectivity index is 1.42. The third-order valence-corrected chi connectivity index (χ3v) is 6.01. The van der Waals surface area contributed by atoms with Crippen LogP contribution in [0.5, 0.6) is 5.88 Å². The number of ether oxygens (including phenoxy) is 1. The van der Waals surface area contributed by atoms with Crippen LogP contribution in [-0.4, -0.2) is 46.1 Å². The summed E-state index contributed by atoms with van der Waals surface area (Å²) in [6, 6.07) is 7.85. The van der Waals surface area contributed by atoms with Crippen molar-refractivity contribution in [2.75, 3.05) is 20.2 Å². The Morgan fingerprint density at radius 2 is 2.28 bits per heavy atom. The standard InChI is InChI=1S/C21H24N4O3S/c1-14-11-17(18-6-4-10-29-18)23-21(22-14)15-5-3-9-25(13-15)20(26)8-7-16-12-19(27-2)24-28-16/h4,6,10-12,15H,3,5,7-9,13H2,1-2H3/t15-/m1/s1. The first kappa shape index (κ1) is 19.6. The van der Waals surface area contributed by atoms with Crippen LogP contribution in [-0.2, 0) is 11.2 Å². The van der Waals surface area contributed by atoms with Gasteiger partial charge in [-0.2, -0.15) is 0 Å². The van der Waals surface area contributed by atoms with Crippen molar-refractivity contribution in [3.8, 4) is 16.5 Å². The molecule has 0 aromatic carbocycles. The molecule has 152 valence electrons. The quantitative estimate of drug-likeness (QED) is 0.612. The number of piperidine rings is 1. The summed E-state index contributed by atoms with van der Waals surface area (Å²) in [5.74, 6) is 2.22. The van der Waals surface area contributed by atoms with Crippen LogP contribution < -0.4 is 4.74 Å². The lowest BCUT2D eigenvalue weighted by atomic mass is 9.96. The Labute approximate surface area is 173 Å². The fourth-order valence-corrected chi connectivity index (χ4v) is 4.32. The molecule has 1 amide bonds. The molecule has 1 atom stereocenters. The summed E-state index contributed by atoms with van der Waals surface area (Å²) in [4.78, 5) is 25.3. The summed E-state index contributed by atoms with van der Waals surface area (Å²) < 4.78 is 10.2. The molecule has 1 aliphatic heterocycles. The lowest BCUT2D eigenvalue weighted by Gasteiger charge is -2.32. The van der Waals surface area contributed by atoms with E-state index in [4.69, 9.17) is 14.2 Å². The van der Waals surface area contributed by atoms with E-state index in [1.165, 1.54) is 7.11 Å². The maximum absolute atomic E-state index is 12.7. The number of aromatic nitrogens is 3. The molecular formula is C21H24N4O3S. The second kappa shape index (κ2) is 8.73. The van der Waals surface area contributed by atoms with Crippen LogP contribution >= 0.6 is 11.3 Å². The van der Waals surface area contributed by atoms with E-state index in [0.29, 0.717) is 31.0 Å². The van der Waals surface area contributed by atoms with Gasteiger partial charge in [-0.25, -0.2) is 9.97 Å². The lowest BCUT2D eigenvalue weighted by Crippen LogP contribution is -2.39. The molecule has 3 aromatic heterocycles. The average Bonchev–Trinajstić information content (AvgIpc) is 3.43. The largest absolute Gasteiger partial charge is 0.479 e. The van der Waals surface area contributed by atoms with Crippen molar-refractivity contribution in [1.82, 2.24) is 20.0 Å². The Morgan fingerprint density at radius 1 is 1.38 bits per heavy atom. The summed E-state index contributed by atoms with van der Waals surface area (Å²) in [6.07, 6.45) is 2.86. The molecule has 0 aliphatic carbocycles. The first-order chi connectivity index (χ1) is 14.1. The SMILES string of the molecule is COc1cc(CCC(=O)N2CCC[C@@H](c3nc(C)cc(-c4cccs4)n3)C2)on1. The highest BCUT2D eigenvalue weighted by molar-refractivity contribution is 7.13. The maximum atomic E-state index is 12.7. The minimum absolute atomic E-state index is 0.121. The van der Waals surface area contributed by atoms with E-state index in [1.54, 1.807) is 17.4 Å². The Morgan fingerprint density at radius 3 is 3.03 bits per heavy atom. The highest BCUT2D eigenvalue weighted by Crippen LogP contribution is 2.29. The Hall–Kier alpha value is -2.74. The molecule has 0 N–H and O–H groups in total. The van der Waals surface area contributed by atoms with Crippen LogP contribution in [0.1, 0.15) is 42.5 Å². The normalized spacial score (nSPS) is 16.8. The number of rotatable bonds is 6. The monoisotopic (exact) mass is 412 g/mol. The number of nitrogens with zero attached hydrogens (tertiary/aromatic N) is 4. The molecule has 8 heteroatoms. The summed E-state index contributed by atoms with van der Waals surface area (Å²) in [6.45, 7) is 3.43. The van der Waals surface area contributed by atoms with Crippen molar-refractivity contribution in [1.29, 1.82) is 0 Å². The molecule has 1 fully saturated rings. The number of methoxy groups -OCH3 is 1. The molecule has 0 unspecified atom stereocenters. The van der Waals surface area contributed by atoms with Gasteiger partial charge in [-0.05, 0) is 42.4 Å². The van der Waals surface area contributed by atoms with Gasteiger partial charge in [0.25, 0.3) is 5.88 Å². The van der Waals surface area contributed by atoms with Crippen molar-refractivity contribution in [2.24, 2.45) is 0 Å². The molecule has 0 radical (unpaired) electrons. The fourth-order valence-electron chi connectivity index (χ4n) is 3.64. The molecule has 1 aliphatic rings. The van der Waals surface area contributed by atoms with Gasteiger partial charge in [0.2, 0.25) is 5.91 Å². The number of likely N-dealkylation sites (tertiary alicyclic amines) is 1. The molecule has 3 aromatic rings. The minimum Gasteiger partial charge on any atom is -0.479 e. The Bertz CT molecular complexity index is 970. The van der Waals surface area contributed by atoms with Crippen LogP contribution in [0.25, 0.3) is 10.6 Å². The predicted molar refractivity (Wildman–Crippen MR) is 110 cm³/mol. The second-order valence-electron chi connectivity index (χ2n) is 7.24. The average molecular weight is 413 g/mol. The lowest BCUT2D eigenvalue weighted by molar-refractivity contribution is -0.132. The summed E-state index contributed by atoms with van der Waals surface area (Å²) in [5.41, 5.74) is 1.92. The number of hydrogen-bond donors (Lipinski definition) is 0. The second-order valence-corrected chi connectivity index (χ2v) is 8.19. The number of carbonyl (C=O) groups excluding carboxylic acids is 1. The van der Waals surface area contributed by atoms with E-state index in [2.05, 4.69) is 21.6 Å². The summed E-state index contributed by atoms with van der Waals surface area (Å²) >= 11 is 1.68. The van der Waals surface area contributed by atoms with Crippen molar-refractivity contribution < 1.29 is 14.1 Å². The molecule has 0 saturated carbocycles. The molecule has 4 rings (SSSR count). The molecule has 1 saturated heterocycles.